The van der Waals surface area contributed by atoms with Gasteiger partial charge in [-0.2, -0.15) is 0 Å². The van der Waals surface area contributed by atoms with Crippen LogP contribution in [0.15, 0.2) is 0 Å². The van der Waals surface area contributed by atoms with Gasteiger partial charge in [0.25, 0.3) is 0 Å². The molecule has 0 spiro atoms. The van der Waals surface area contributed by atoms with E-state index < -0.39 is 0 Å². The molecule has 0 aromatic rings. The maximum absolute atomic E-state index is 2.34. The third-order valence-electron chi connectivity index (χ3n) is 3.07. The Balaban J connectivity index is 2.22. The first-order valence-corrected chi connectivity index (χ1v) is 4.85. The molecule has 0 radical (unpaired) electrons. The van der Waals surface area contributed by atoms with Crippen molar-refractivity contribution in [1.29, 1.82) is 0 Å². The van der Waals surface area contributed by atoms with Crippen LogP contribution >= 0.6 is 0 Å². The third kappa shape index (κ3) is 1.36. The van der Waals surface area contributed by atoms with Crippen molar-refractivity contribution >= 4 is 0 Å². The normalized spacial score (nSPS) is 38.1. The molecule has 0 heterocycles. The van der Waals surface area contributed by atoms with E-state index in [-0.39, 0.29) is 0 Å². The summed E-state index contributed by atoms with van der Waals surface area (Å²) in [6.45, 7) is 6.98. The smallest absolute Gasteiger partial charge is 0.0352 e. The summed E-state index contributed by atoms with van der Waals surface area (Å²) in [6.07, 6.45) is 5.71. The molecule has 0 N–H and O–H groups in total. The molecule has 1 saturated carbocycles. The molecule has 0 aromatic carbocycles. The van der Waals surface area contributed by atoms with E-state index in [9.17, 15) is 0 Å². The van der Waals surface area contributed by atoms with Gasteiger partial charge in [-0.3, -0.25) is 0 Å². The predicted octanol–water partition coefficient (Wildman–Crippen LogP) is 3.47. The highest BCUT2D eigenvalue weighted by Crippen LogP contribution is 2.52. The van der Waals surface area contributed by atoms with Crippen LogP contribution in [0.1, 0.15) is 46.5 Å². The Morgan fingerprint density at radius 3 is 1.60 bits per heavy atom. The molecule has 0 amide bonds. The Hall–Kier alpha value is 0. The van der Waals surface area contributed by atoms with Crippen molar-refractivity contribution in [2.45, 2.75) is 46.5 Å². The topological polar surface area (TPSA) is 0 Å². The van der Waals surface area contributed by atoms with Crippen molar-refractivity contribution in [3.05, 3.63) is 0 Å². The summed E-state index contributed by atoms with van der Waals surface area (Å²) in [5.74, 6) is 3.31. The van der Waals surface area contributed by atoms with E-state index in [1.54, 1.807) is 0 Å². The number of hydrogen-bond acceptors (Lipinski definition) is 0. The molecule has 1 aliphatic carbocycles. The van der Waals surface area contributed by atoms with Gasteiger partial charge in [0.1, 0.15) is 0 Å². The molecule has 1 aliphatic rings. The zero-order valence-corrected chi connectivity index (χ0v) is 7.56. The predicted molar refractivity (Wildman–Crippen MR) is 46.0 cm³/mol. The Labute approximate surface area is 65.0 Å². The Morgan fingerprint density at radius 2 is 1.30 bits per heavy atom. The van der Waals surface area contributed by atoms with E-state index in [0.717, 1.165) is 17.8 Å². The third-order valence-corrected chi connectivity index (χ3v) is 3.07. The molecule has 0 heteroatoms. The lowest BCUT2D eigenvalue weighted by Crippen LogP contribution is -1.78. The highest BCUT2D eigenvalue weighted by Gasteiger charge is 2.45. The van der Waals surface area contributed by atoms with Crippen LogP contribution in [0.5, 0.6) is 0 Å². The molecule has 1 fully saturated rings. The Kier molecular flexibility index (Phi) is 2.76. The van der Waals surface area contributed by atoms with Gasteiger partial charge in [-0.05, 0) is 17.8 Å². The van der Waals surface area contributed by atoms with Crippen molar-refractivity contribution in [3.63, 3.8) is 0 Å². The Morgan fingerprint density at radius 1 is 0.800 bits per heavy atom. The molecular weight excluding hydrogens is 120 g/mol. The molecule has 2 unspecified atom stereocenters. The first-order chi connectivity index (χ1) is 4.85. The van der Waals surface area contributed by atoms with Crippen LogP contribution in [0.2, 0.25) is 0 Å². The average molecular weight is 140 g/mol. The van der Waals surface area contributed by atoms with Gasteiger partial charge < -0.3 is 0 Å². The van der Waals surface area contributed by atoms with Gasteiger partial charge in [0, 0.05) is 0 Å². The second kappa shape index (κ2) is 3.41. The van der Waals surface area contributed by atoms with Gasteiger partial charge in [-0.1, -0.05) is 46.5 Å². The summed E-state index contributed by atoms with van der Waals surface area (Å²) in [4.78, 5) is 0. The highest BCUT2D eigenvalue weighted by atomic mass is 14.5. The van der Waals surface area contributed by atoms with E-state index in [4.69, 9.17) is 0 Å². The van der Waals surface area contributed by atoms with Crippen molar-refractivity contribution in [3.8, 4) is 0 Å². The quantitative estimate of drug-likeness (QED) is 0.561. The lowest BCUT2D eigenvalue weighted by molar-refractivity contribution is 0.612. The molecule has 0 aliphatic heterocycles. The Bertz CT molecular complexity index is 86.2. The van der Waals surface area contributed by atoms with Gasteiger partial charge in [0.15, 0.2) is 0 Å². The molecule has 10 heavy (non-hydrogen) atoms. The molecular formula is C10H20. The fourth-order valence-corrected chi connectivity index (χ4v) is 2.50. The maximum atomic E-state index is 2.34. The van der Waals surface area contributed by atoms with E-state index in [2.05, 4.69) is 20.8 Å². The maximum Gasteiger partial charge on any atom is -0.0352 e. The van der Waals surface area contributed by atoms with Crippen molar-refractivity contribution < 1.29 is 0 Å². The average Bonchev–Trinajstić information content (AvgIpc) is 2.62. The van der Waals surface area contributed by atoms with Gasteiger partial charge in [0.05, 0.1) is 0 Å². The first kappa shape index (κ1) is 8.10. The van der Waals surface area contributed by atoms with Gasteiger partial charge in [-0.25, -0.2) is 0 Å². The minimum absolute atomic E-state index is 1.10. The summed E-state index contributed by atoms with van der Waals surface area (Å²) in [7, 11) is 0. The van der Waals surface area contributed by atoms with Crippen LogP contribution in [0, 0.1) is 17.8 Å². The van der Waals surface area contributed by atoms with Crippen LogP contribution in [0.3, 0.4) is 0 Å². The van der Waals surface area contributed by atoms with E-state index in [0.29, 0.717) is 0 Å². The number of hydrogen-bond donors (Lipinski definition) is 0. The summed E-state index contributed by atoms with van der Waals surface area (Å²) < 4.78 is 0. The molecule has 0 nitrogen and oxygen atoms in total. The summed E-state index contributed by atoms with van der Waals surface area (Å²) in [5.41, 5.74) is 0. The monoisotopic (exact) mass is 140 g/mol. The molecule has 0 saturated heterocycles. The fourth-order valence-electron chi connectivity index (χ4n) is 2.50. The standard InChI is InChI=1S/C10H20/c1-4-7-10-8(5-2)9(10)6-3/h8-10H,4-7H2,1-3H3. The molecule has 0 aromatic heterocycles. The van der Waals surface area contributed by atoms with E-state index >= 15 is 0 Å². The van der Waals surface area contributed by atoms with E-state index in [1.807, 2.05) is 0 Å². The van der Waals surface area contributed by atoms with Crippen LogP contribution in [-0.4, -0.2) is 0 Å². The highest BCUT2D eigenvalue weighted by molar-refractivity contribution is 4.94. The van der Waals surface area contributed by atoms with Gasteiger partial charge in [0.2, 0.25) is 0 Å². The minimum Gasteiger partial charge on any atom is -0.0654 e. The second-order valence-corrected chi connectivity index (χ2v) is 3.60. The van der Waals surface area contributed by atoms with Crippen LogP contribution in [-0.2, 0) is 0 Å². The minimum atomic E-state index is 1.10. The lowest BCUT2D eigenvalue weighted by Gasteiger charge is -1.90. The van der Waals surface area contributed by atoms with Crippen LogP contribution in [0.4, 0.5) is 0 Å². The van der Waals surface area contributed by atoms with Gasteiger partial charge in [-0.15, -0.1) is 0 Å². The second-order valence-electron chi connectivity index (χ2n) is 3.60. The van der Waals surface area contributed by atoms with Crippen LogP contribution in [0.25, 0.3) is 0 Å². The molecule has 60 valence electrons. The molecule has 0 bridgehead atoms. The fraction of sp³-hybridized carbons (Fsp3) is 1.00. The van der Waals surface area contributed by atoms with E-state index in [1.165, 1.54) is 25.7 Å². The molecule has 2 atom stereocenters. The summed E-state index contributed by atoms with van der Waals surface area (Å²) in [5, 5.41) is 0. The van der Waals surface area contributed by atoms with Gasteiger partial charge >= 0.3 is 0 Å². The largest absolute Gasteiger partial charge is 0.0654 e. The zero-order chi connectivity index (χ0) is 7.56. The van der Waals surface area contributed by atoms with Crippen LogP contribution < -0.4 is 0 Å². The molecule has 1 rings (SSSR count). The van der Waals surface area contributed by atoms with Crippen molar-refractivity contribution in [2.24, 2.45) is 17.8 Å². The summed E-state index contributed by atoms with van der Waals surface area (Å²) >= 11 is 0. The lowest BCUT2D eigenvalue weighted by atomic mass is 10.2. The van der Waals surface area contributed by atoms with Crippen molar-refractivity contribution in [2.75, 3.05) is 0 Å². The zero-order valence-electron chi connectivity index (χ0n) is 7.56. The number of rotatable bonds is 4. The first-order valence-electron chi connectivity index (χ1n) is 4.85. The van der Waals surface area contributed by atoms with Crippen molar-refractivity contribution in [1.82, 2.24) is 0 Å². The summed E-state index contributed by atoms with van der Waals surface area (Å²) in [6, 6.07) is 0. The SMILES string of the molecule is CCCC1C(CC)C1CC.